The van der Waals surface area contributed by atoms with Gasteiger partial charge >= 0.3 is 0 Å². The normalized spacial score (nSPS) is 11.5. The Morgan fingerprint density at radius 1 is 1.25 bits per heavy atom. The fourth-order valence-corrected chi connectivity index (χ4v) is 1.80. The van der Waals surface area contributed by atoms with Gasteiger partial charge in [-0.15, -0.1) is 3.75 Å². The molecule has 0 fully saturated rings. The van der Waals surface area contributed by atoms with Gasteiger partial charge in [-0.1, -0.05) is 0 Å². The van der Waals surface area contributed by atoms with Crippen LogP contribution in [0.3, 0.4) is 0 Å². The molecule has 0 heterocycles. The van der Waals surface area contributed by atoms with Crippen molar-refractivity contribution in [3.8, 4) is 0 Å². The van der Waals surface area contributed by atoms with E-state index in [-0.39, 0.29) is 4.90 Å². The van der Waals surface area contributed by atoms with Crippen LogP contribution in [0.15, 0.2) is 29.2 Å². The smallest absolute Gasteiger partial charge is 0.207 e. The molecule has 0 spiro atoms. The summed E-state index contributed by atoms with van der Waals surface area (Å²) in [6.45, 7) is 0. The van der Waals surface area contributed by atoms with Crippen LogP contribution >= 0.6 is 16.1 Å². The molecule has 0 radical (unpaired) electrons. The zero-order valence-corrected chi connectivity index (χ0v) is 8.19. The molecule has 0 aliphatic carbocycles. The summed E-state index contributed by atoms with van der Waals surface area (Å²) in [5, 5.41) is 0. The first-order valence-corrected chi connectivity index (χ1v) is 5.22. The second-order valence-corrected chi connectivity index (χ2v) is 4.64. The summed E-state index contributed by atoms with van der Waals surface area (Å²) in [5.41, 5.74) is 0. The number of rotatable bonds is 2. The van der Waals surface area contributed by atoms with Crippen molar-refractivity contribution in [2.45, 2.75) is 4.90 Å². The van der Waals surface area contributed by atoms with Gasteiger partial charge in [0.25, 0.3) is 0 Å². The van der Waals surface area contributed by atoms with Crippen LogP contribution in [0.4, 0.5) is 4.39 Å². The lowest BCUT2D eigenvalue weighted by atomic mass is 10.4. The topological polar surface area (TPSA) is 46.2 Å². The molecule has 0 bridgehead atoms. The van der Waals surface area contributed by atoms with E-state index in [1.807, 2.05) is 3.75 Å². The summed E-state index contributed by atoms with van der Waals surface area (Å²) in [5.74, 6) is -0.469. The van der Waals surface area contributed by atoms with Crippen LogP contribution in [0.1, 0.15) is 0 Å². The van der Waals surface area contributed by atoms with Crippen molar-refractivity contribution in [1.29, 1.82) is 0 Å². The van der Waals surface area contributed by atoms with Crippen molar-refractivity contribution in [2.75, 3.05) is 0 Å². The number of nitrogens with one attached hydrogen (secondary N) is 1. The van der Waals surface area contributed by atoms with Gasteiger partial charge in [-0.3, -0.25) is 0 Å². The van der Waals surface area contributed by atoms with Crippen LogP contribution in [0.25, 0.3) is 0 Å². The Morgan fingerprint density at radius 2 is 1.75 bits per heavy atom. The van der Waals surface area contributed by atoms with Crippen molar-refractivity contribution in [2.24, 2.45) is 0 Å². The van der Waals surface area contributed by atoms with Crippen molar-refractivity contribution >= 4 is 26.2 Å². The third kappa shape index (κ3) is 2.02. The molecule has 0 aliphatic rings. The van der Waals surface area contributed by atoms with E-state index in [9.17, 15) is 12.8 Å². The number of halogens is 2. The molecule has 1 aromatic rings. The van der Waals surface area contributed by atoms with E-state index >= 15 is 0 Å². The van der Waals surface area contributed by atoms with Gasteiger partial charge in [0, 0.05) is 16.1 Å². The Morgan fingerprint density at radius 3 is 2.17 bits per heavy atom. The highest BCUT2D eigenvalue weighted by atomic mass is 79.9. The minimum Gasteiger partial charge on any atom is -0.207 e. The maximum Gasteiger partial charge on any atom is 0.250 e. The van der Waals surface area contributed by atoms with Crippen LogP contribution < -0.4 is 3.75 Å². The molecule has 0 unspecified atom stereocenters. The van der Waals surface area contributed by atoms with Gasteiger partial charge in [0.2, 0.25) is 10.0 Å². The summed E-state index contributed by atoms with van der Waals surface area (Å²) in [6.07, 6.45) is 0. The molecule has 6 heteroatoms. The number of hydrogen-bond acceptors (Lipinski definition) is 2. The fourth-order valence-electron chi connectivity index (χ4n) is 0.658. The third-order valence-corrected chi connectivity index (χ3v) is 3.60. The average molecular weight is 254 g/mol. The number of benzene rings is 1. The molecule has 66 valence electrons. The Balaban J connectivity index is 3.14. The lowest BCUT2D eigenvalue weighted by molar-refractivity contribution is 0.594. The Kier molecular flexibility index (Phi) is 2.81. The van der Waals surface area contributed by atoms with Crippen LogP contribution in [0.5, 0.6) is 0 Å². The maximum atomic E-state index is 12.4. The zero-order valence-electron chi connectivity index (χ0n) is 5.79. The fraction of sp³-hybridized carbons (Fsp3) is 0. The van der Waals surface area contributed by atoms with Gasteiger partial charge < -0.3 is 0 Å². The van der Waals surface area contributed by atoms with Crippen molar-refractivity contribution in [1.82, 2.24) is 3.75 Å². The molecule has 3 nitrogen and oxygen atoms in total. The van der Waals surface area contributed by atoms with Crippen LogP contribution in [0.2, 0.25) is 0 Å². The molecule has 1 aromatic carbocycles. The third-order valence-electron chi connectivity index (χ3n) is 1.23. The summed E-state index contributed by atoms with van der Waals surface area (Å²) < 4.78 is 36.4. The highest BCUT2D eigenvalue weighted by Crippen LogP contribution is 2.09. The molecule has 0 aliphatic heterocycles. The average Bonchev–Trinajstić information content (AvgIpc) is 2.05. The van der Waals surface area contributed by atoms with E-state index in [0.29, 0.717) is 0 Å². The lowest BCUT2D eigenvalue weighted by Crippen LogP contribution is -2.12. The summed E-state index contributed by atoms with van der Waals surface area (Å²) in [7, 11) is -3.51. The lowest BCUT2D eigenvalue weighted by Gasteiger charge is -1.99. The van der Waals surface area contributed by atoms with Crippen LogP contribution in [-0.4, -0.2) is 8.42 Å². The number of sulfonamides is 1. The van der Waals surface area contributed by atoms with Crippen LogP contribution in [-0.2, 0) is 10.0 Å². The SMILES string of the molecule is O=S(=O)(NBr)c1ccc(F)cc1. The number of hydrogen-bond donors (Lipinski definition) is 1. The zero-order chi connectivity index (χ0) is 9.19. The largest absolute Gasteiger partial charge is 0.250 e. The highest BCUT2D eigenvalue weighted by molar-refractivity contribution is 9.09. The van der Waals surface area contributed by atoms with E-state index < -0.39 is 15.8 Å². The molecule has 0 atom stereocenters. The quantitative estimate of drug-likeness (QED) is 0.811. The minimum atomic E-state index is -3.51. The maximum absolute atomic E-state index is 12.4. The second kappa shape index (κ2) is 3.51. The van der Waals surface area contributed by atoms with E-state index in [4.69, 9.17) is 0 Å². The summed E-state index contributed by atoms with van der Waals surface area (Å²) in [6, 6.07) is 4.52. The van der Waals surface area contributed by atoms with Crippen LogP contribution in [0, 0.1) is 5.82 Å². The first-order chi connectivity index (χ1) is 5.56. The van der Waals surface area contributed by atoms with Gasteiger partial charge in [0.1, 0.15) is 5.82 Å². The second-order valence-electron chi connectivity index (χ2n) is 2.03. The summed E-state index contributed by atoms with van der Waals surface area (Å²) in [4.78, 5) is 0.0146. The molecular weight excluding hydrogens is 249 g/mol. The molecular formula is C6H5BrFNO2S. The Labute approximate surface area is 78.0 Å². The molecule has 1 N–H and O–H groups in total. The first kappa shape index (κ1) is 9.63. The minimum absolute atomic E-state index is 0.0146. The van der Waals surface area contributed by atoms with Gasteiger partial charge in [-0.25, -0.2) is 12.8 Å². The molecule has 0 amide bonds. The van der Waals surface area contributed by atoms with E-state index in [2.05, 4.69) is 16.1 Å². The standard InChI is InChI=1S/C6H5BrFNO2S/c7-9-12(10,11)6-3-1-5(8)2-4-6/h1-4,9H. The van der Waals surface area contributed by atoms with Crippen molar-refractivity contribution < 1.29 is 12.8 Å². The molecule has 1 rings (SSSR count). The van der Waals surface area contributed by atoms with Gasteiger partial charge in [-0.05, 0) is 24.3 Å². The summed E-state index contributed by atoms with van der Waals surface area (Å²) >= 11 is 2.59. The monoisotopic (exact) mass is 253 g/mol. The van der Waals surface area contributed by atoms with Gasteiger partial charge in [0.15, 0.2) is 0 Å². The predicted octanol–water partition coefficient (Wildman–Crippen LogP) is 1.41. The van der Waals surface area contributed by atoms with Crippen molar-refractivity contribution in [3.63, 3.8) is 0 Å². The predicted molar refractivity (Wildman–Crippen MR) is 45.6 cm³/mol. The molecule has 12 heavy (non-hydrogen) atoms. The first-order valence-electron chi connectivity index (χ1n) is 2.94. The van der Waals surface area contributed by atoms with E-state index in [0.717, 1.165) is 12.1 Å². The van der Waals surface area contributed by atoms with Gasteiger partial charge in [-0.2, -0.15) is 0 Å². The van der Waals surface area contributed by atoms with E-state index in [1.54, 1.807) is 0 Å². The Bertz CT molecular complexity index is 362. The molecule has 0 aromatic heterocycles. The van der Waals surface area contributed by atoms with Crippen molar-refractivity contribution in [3.05, 3.63) is 30.1 Å². The Hall–Kier alpha value is -0.460. The van der Waals surface area contributed by atoms with Gasteiger partial charge in [0.05, 0.1) is 4.90 Å². The molecule has 0 saturated heterocycles. The highest BCUT2D eigenvalue weighted by Gasteiger charge is 2.10. The van der Waals surface area contributed by atoms with E-state index in [1.165, 1.54) is 12.1 Å². The molecule has 0 saturated carbocycles.